The summed E-state index contributed by atoms with van der Waals surface area (Å²) in [6.45, 7) is 12.1. The second-order valence-corrected chi connectivity index (χ2v) is 14.0. The van der Waals surface area contributed by atoms with Crippen LogP contribution in [0.4, 0.5) is 0 Å². The average molecular weight is 552 g/mol. The molecule has 7 N–H and O–H groups in total. The quantitative estimate of drug-likeness (QED) is 0.226. The molecule has 0 bridgehead atoms. The van der Waals surface area contributed by atoms with Crippen LogP contribution in [0.2, 0.25) is 0 Å². The van der Waals surface area contributed by atoms with E-state index in [1.165, 1.54) is 19.3 Å². The fourth-order valence-corrected chi connectivity index (χ4v) is 10.0. The predicted octanol–water partition coefficient (Wildman–Crippen LogP) is 4.09. The molecular weight excluding hydrogens is 490 g/mol. The molecule has 0 saturated heterocycles. The molecule has 39 heavy (non-hydrogen) atoms. The lowest BCUT2D eigenvalue weighted by Gasteiger charge is -2.65. The first-order valence-corrected chi connectivity index (χ1v) is 16.4. The Balaban J connectivity index is 1.64. The zero-order chi connectivity index (χ0) is 28.0. The molecule has 0 aliphatic heterocycles. The maximum absolute atomic E-state index is 9.83. The molecule has 4 fully saturated rings. The third-order valence-corrected chi connectivity index (χ3v) is 12.1. The van der Waals surface area contributed by atoms with E-state index >= 15 is 0 Å². The average Bonchev–Trinajstić information content (AvgIpc) is 3.28. The van der Waals surface area contributed by atoms with Crippen molar-refractivity contribution in [1.82, 2.24) is 0 Å². The molecule has 7 nitrogen and oxygen atoms in total. The van der Waals surface area contributed by atoms with Gasteiger partial charge in [-0.2, -0.15) is 0 Å². The Hall–Kier alpha value is -0.280. The maximum Gasteiger partial charge on any atom is 0.0637 e. The summed E-state index contributed by atoms with van der Waals surface area (Å²) < 4.78 is 20.0. The van der Waals surface area contributed by atoms with Crippen LogP contribution in [-0.4, -0.2) is 69.5 Å². The molecule has 0 spiro atoms. The molecule has 0 amide bonds. The van der Waals surface area contributed by atoms with Crippen LogP contribution in [0.1, 0.15) is 91.4 Å². The summed E-state index contributed by atoms with van der Waals surface area (Å²) in [6.07, 6.45) is 12.8. The van der Waals surface area contributed by atoms with Gasteiger partial charge in [0.25, 0.3) is 0 Å². The van der Waals surface area contributed by atoms with E-state index in [0.29, 0.717) is 61.2 Å². The van der Waals surface area contributed by atoms with Gasteiger partial charge in [0.05, 0.1) is 18.3 Å². The van der Waals surface area contributed by atoms with Crippen LogP contribution in [0.5, 0.6) is 0 Å². The van der Waals surface area contributed by atoms with Gasteiger partial charge in [-0.25, -0.2) is 0 Å². The molecule has 4 aliphatic carbocycles. The molecule has 4 saturated carbocycles. The topological polar surface area (TPSA) is 126 Å². The largest absolute Gasteiger partial charge is 0.396 e. The van der Waals surface area contributed by atoms with Crippen molar-refractivity contribution in [2.24, 2.45) is 63.5 Å². The molecule has 0 aromatic heterocycles. The smallest absolute Gasteiger partial charge is 0.0637 e. The minimum atomic E-state index is 0.103. The minimum absolute atomic E-state index is 0.103. The van der Waals surface area contributed by atoms with Crippen molar-refractivity contribution in [3.8, 4) is 0 Å². The minimum Gasteiger partial charge on any atom is -0.396 e. The van der Waals surface area contributed by atoms with Gasteiger partial charge in [-0.1, -0.05) is 20.8 Å². The Morgan fingerprint density at radius 1 is 0.821 bits per heavy atom. The number of hydrogen-bond donors (Lipinski definition) is 4. The first-order valence-electron chi connectivity index (χ1n) is 16.4. The van der Waals surface area contributed by atoms with Gasteiger partial charge in [-0.3, -0.25) is 0 Å². The van der Waals surface area contributed by atoms with Gasteiger partial charge in [0.15, 0.2) is 0 Å². The third-order valence-electron chi connectivity index (χ3n) is 12.1. The van der Waals surface area contributed by atoms with E-state index in [1.807, 2.05) is 0 Å². The van der Waals surface area contributed by atoms with E-state index in [-0.39, 0.29) is 29.6 Å². The summed E-state index contributed by atoms with van der Waals surface area (Å²) in [7, 11) is 0. The Labute approximate surface area is 238 Å². The van der Waals surface area contributed by atoms with Gasteiger partial charge >= 0.3 is 0 Å². The van der Waals surface area contributed by atoms with Crippen LogP contribution in [0.3, 0.4) is 0 Å². The molecule has 4 aliphatic rings. The number of nitrogens with two attached hydrogens (primary N) is 3. The molecule has 0 heterocycles. The van der Waals surface area contributed by atoms with Crippen LogP contribution in [-0.2, 0) is 14.2 Å². The van der Waals surface area contributed by atoms with Gasteiger partial charge in [0.1, 0.15) is 0 Å². The Morgan fingerprint density at radius 2 is 1.49 bits per heavy atom. The number of aliphatic hydroxyl groups is 1. The fraction of sp³-hybridized carbons (Fsp3) is 1.00. The van der Waals surface area contributed by atoms with Crippen molar-refractivity contribution in [1.29, 1.82) is 0 Å². The number of aliphatic hydroxyl groups excluding tert-OH is 1. The summed E-state index contributed by atoms with van der Waals surface area (Å²) in [5.74, 6) is 3.41. The van der Waals surface area contributed by atoms with Crippen LogP contribution in [0.15, 0.2) is 0 Å². The Bertz CT molecular complexity index is 742. The molecule has 7 heteroatoms. The van der Waals surface area contributed by atoms with E-state index in [2.05, 4.69) is 20.8 Å². The highest BCUT2D eigenvalue weighted by Crippen LogP contribution is 2.69. The van der Waals surface area contributed by atoms with Gasteiger partial charge in [-0.05, 0) is 131 Å². The first-order chi connectivity index (χ1) is 18.8. The Morgan fingerprint density at radius 3 is 2.15 bits per heavy atom. The highest BCUT2D eigenvalue weighted by molar-refractivity contribution is 5.15. The zero-order valence-electron chi connectivity index (χ0n) is 25.3. The van der Waals surface area contributed by atoms with Crippen molar-refractivity contribution >= 4 is 0 Å². The normalized spacial score (nSPS) is 42.5. The summed E-state index contributed by atoms with van der Waals surface area (Å²) >= 11 is 0. The van der Waals surface area contributed by atoms with Crippen molar-refractivity contribution in [3.63, 3.8) is 0 Å². The molecule has 0 aromatic carbocycles. The van der Waals surface area contributed by atoms with Crippen molar-refractivity contribution in [2.75, 3.05) is 46.1 Å². The van der Waals surface area contributed by atoms with Gasteiger partial charge < -0.3 is 36.5 Å². The van der Waals surface area contributed by atoms with Gasteiger partial charge in [-0.15, -0.1) is 0 Å². The third kappa shape index (κ3) is 6.40. The summed E-state index contributed by atoms with van der Waals surface area (Å²) in [6, 6.07) is 0. The van der Waals surface area contributed by atoms with E-state index in [4.69, 9.17) is 31.4 Å². The van der Waals surface area contributed by atoms with Crippen LogP contribution >= 0.6 is 0 Å². The number of hydrogen-bond acceptors (Lipinski definition) is 7. The SMILES string of the molecule is C[C@H](CCO)[C@H]1CC[C@H]2[C@@H]3[C@H](OCCCN)C[C@@H]4C[C@H](OCCCN)CC[C@]4(C)[C@H]3C[C@H](OCCCN)[C@]12C. The summed E-state index contributed by atoms with van der Waals surface area (Å²) in [5.41, 5.74) is 17.9. The lowest BCUT2D eigenvalue weighted by Crippen LogP contribution is -2.63. The van der Waals surface area contributed by atoms with Gasteiger partial charge in [0, 0.05) is 31.8 Å². The van der Waals surface area contributed by atoms with Crippen LogP contribution in [0.25, 0.3) is 0 Å². The van der Waals surface area contributed by atoms with Crippen molar-refractivity contribution in [2.45, 2.75) is 110 Å². The summed E-state index contributed by atoms with van der Waals surface area (Å²) in [4.78, 5) is 0. The monoisotopic (exact) mass is 551 g/mol. The second-order valence-electron chi connectivity index (χ2n) is 14.0. The van der Waals surface area contributed by atoms with Crippen LogP contribution < -0.4 is 17.2 Å². The lowest BCUT2D eigenvalue weighted by atomic mass is 9.43. The van der Waals surface area contributed by atoms with E-state index in [9.17, 15) is 5.11 Å². The molecule has 4 rings (SSSR count). The highest BCUT2D eigenvalue weighted by atomic mass is 16.5. The Kier molecular flexibility index (Phi) is 11.6. The molecule has 0 radical (unpaired) electrons. The number of rotatable bonds is 15. The number of fused-ring (bicyclic) bond motifs is 5. The first kappa shape index (κ1) is 31.7. The van der Waals surface area contributed by atoms with E-state index in [0.717, 1.165) is 71.2 Å². The predicted molar refractivity (Wildman–Crippen MR) is 157 cm³/mol. The zero-order valence-corrected chi connectivity index (χ0v) is 25.3. The van der Waals surface area contributed by atoms with Gasteiger partial charge in [0.2, 0.25) is 0 Å². The standard InChI is InChI=1S/C32H61N3O4/c1-22(10-15-36)25-7-8-26-30-27(21-29(32(25,26)3)39-18-6-14-35)31(2)11-9-24(37-16-4-12-33)19-23(31)20-28(30)38-17-5-13-34/h22-30,36H,4-21,33-35H2,1-3H3/t22-,23+,24-,25-,26+,27+,28-,29+,30+,31+,32-/m1/s1. The van der Waals surface area contributed by atoms with Crippen molar-refractivity contribution < 1.29 is 19.3 Å². The molecule has 0 aromatic rings. The second kappa shape index (κ2) is 14.3. The highest BCUT2D eigenvalue weighted by Gasteiger charge is 2.66. The van der Waals surface area contributed by atoms with E-state index in [1.54, 1.807) is 0 Å². The van der Waals surface area contributed by atoms with E-state index < -0.39 is 0 Å². The lowest BCUT2D eigenvalue weighted by molar-refractivity contribution is -0.227. The maximum atomic E-state index is 9.83. The summed E-state index contributed by atoms with van der Waals surface area (Å²) in [5, 5.41) is 9.83. The number of ether oxygens (including phenoxy) is 3. The fourth-order valence-electron chi connectivity index (χ4n) is 10.0. The molecular formula is C32H61N3O4. The molecule has 11 atom stereocenters. The van der Waals surface area contributed by atoms with Crippen molar-refractivity contribution in [3.05, 3.63) is 0 Å². The van der Waals surface area contributed by atoms with Crippen LogP contribution in [0, 0.1) is 46.3 Å². The molecule has 228 valence electrons. The molecule has 0 unspecified atom stereocenters.